The first kappa shape index (κ1) is 7.13. The van der Waals surface area contributed by atoms with Gasteiger partial charge >= 0.3 is 0 Å². The van der Waals surface area contributed by atoms with Gasteiger partial charge in [0.1, 0.15) is 11.5 Å². The third kappa shape index (κ3) is 1.76. The Morgan fingerprint density at radius 3 is 2.80 bits per heavy atom. The van der Waals surface area contributed by atoms with Crippen LogP contribution < -0.4 is 0 Å². The average molecular weight is 136 g/mol. The summed E-state index contributed by atoms with van der Waals surface area (Å²) in [6.07, 6.45) is 5.13. The molecule has 0 aliphatic heterocycles. The highest BCUT2D eigenvalue weighted by Gasteiger charge is 1.90. The maximum atomic E-state index is 5.30. The number of hydrogen-bond donors (Lipinski definition) is 0. The lowest BCUT2D eigenvalue weighted by molar-refractivity contribution is 0.525. The summed E-state index contributed by atoms with van der Waals surface area (Å²) >= 11 is 0. The molecule has 1 aromatic rings. The molecule has 0 saturated carbocycles. The molecule has 1 rings (SSSR count). The van der Waals surface area contributed by atoms with Crippen molar-refractivity contribution in [2.75, 3.05) is 0 Å². The third-order valence-corrected chi connectivity index (χ3v) is 1.28. The van der Waals surface area contributed by atoms with Gasteiger partial charge in [0.25, 0.3) is 0 Å². The van der Waals surface area contributed by atoms with E-state index in [1.165, 1.54) is 0 Å². The van der Waals surface area contributed by atoms with Gasteiger partial charge in [-0.05, 0) is 31.6 Å². The van der Waals surface area contributed by atoms with Crippen LogP contribution in [0.5, 0.6) is 0 Å². The molecular weight excluding hydrogens is 124 g/mol. The second-order valence-electron chi connectivity index (χ2n) is 2.26. The normalized spacial score (nSPS) is 11.0. The molecule has 0 unspecified atom stereocenters. The minimum Gasteiger partial charge on any atom is -0.462 e. The Bertz CT molecular complexity index is 220. The van der Waals surface area contributed by atoms with Crippen LogP contribution >= 0.6 is 0 Å². The Hall–Kier alpha value is -0.980. The van der Waals surface area contributed by atoms with Crippen molar-refractivity contribution in [2.24, 2.45) is 0 Å². The Kier molecular flexibility index (Phi) is 2.32. The molecule has 1 aromatic heterocycles. The molecule has 0 radical (unpaired) electrons. The second-order valence-corrected chi connectivity index (χ2v) is 2.26. The molecule has 0 bridgehead atoms. The van der Waals surface area contributed by atoms with E-state index in [2.05, 4.69) is 13.0 Å². The standard InChI is InChI=1S/C9H12O/c1-3-4-5-9-7-6-8(2)10-9/h4-7H,3H2,1-2H3/b5-4-. The highest BCUT2D eigenvalue weighted by molar-refractivity contribution is 5.42. The van der Waals surface area contributed by atoms with Gasteiger partial charge in [0.05, 0.1) is 0 Å². The van der Waals surface area contributed by atoms with E-state index >= 15 is 0 Å². The van der Waals surface area contributed by atoms with Crippen LogP contribution in [0.15, 0.2) is 22.6 Å². The molecule has 0 fully saturated rings. The first-order chi connectivity index (χ1) is 4.83. The van der Waals surface area contributed by atoms with Crippen LogP contribution in [0.1, 0.15) is 24.9 Å². The highest BCUT2D eigenvalue weighted by atomic mass is 16.3. The molecule has 10 heavy (non-hydrogen) atoms. The zero-order valence-electron chi connectivity index (χ0n) is 6.42. The Morgan fingerprint density at radius 2 is 2.30 bits per heavy atom. The summed E-state index contributed by atoms with van der Waals surface area (Å²) in [5, 5.41) is 0. The molecule has 0 amide bonds. The van der Waals surface area contributed by atoms with Crippen molar-refractivity contribution >= 4 is 6.08 Å². The fourth-order valence-electron chi connectivity index (χ4n) is 0.777. The van der Waals surface area contributed by atoms with E-state index in [4.69, 9.17) is 4.42 Å². The topological polar surface area (TPSA) is 13.1 Å². The quantitative estimate of drug-likeness (QED) is 0.609. The van der Waals surface area contributed by atoms with Gasteiger partial charge in [0, 0.05) is 0 Å². The molecule has 0 aliphatic rings. The number of furan rings is 1. The van der Waals surface area contributed by atoms with Gasteiger partial charge in [-0.3, -0.25) is 0 Å². The number of allylic oxidation sites excluding steroid dienone is 1. The SMILES string of the molecule is CC/C=C\c1ccc(C)o1. The lowest BCUT2D eigenvalue weighted by atomic mass is 10.3. The van der Waals surface area contributed by atoms with Crippen LogP contribution in [0.25, 0.3) is 6.08 Å². The minimum absolute atomic E-state index is 0.944. The molecule has 1 heteroatoms. The Balaban J connectivity index is 2.67. The number of hydrogen-bond acceptors (Lipinski definition) is 1. The monoisotopic (exact) mass is 136 g/mol. The molecular formula is C9H12O. The lowest BCUT2D eigenvalue weighted by Gasteiger charge is -1.82. The van der Waals surface area contributed by atoms with Crippen molar-refractivity contribution in [3.63, 3.8) is 0 Å². The molecule has 0 aromatic carbocycles. The van der Waals surface area contributed by atoms with Crippen LogP contribution in [0.3, 0.4) is 0 Å². The van der Waals surface area contributed by atoms with Gasteiger partial charge in [0.15, 0.2) is 0 Å². The lowest BCUT2D eigenvalue weighted by Crippen LogP contribution is -1.59. The van der Waals surface area contributed by atoms with Crippen molar-refractivity contribution in [1.29, 1.82) is 0 Å². The number of rotatable bonds is 2. The molecule has 0 saturated heterocycles. The zero-order chi connectivity index (χ0) is 7.40. The Morgan fingerprint density at radius 1 is 1.50 bits per heavy atom. The van der Waals surface area contributed by atoms with Crippen molar-refractivity contribution in [1.82, 2.24) is 0 Å². The number of aryl methyl sites for hydroxylation is 1. The van der Waals surface area contributed by atoms with Gasteiger partial charge in [-0.15, -0.1) is 0 Å². The van der Waals surface area contributed by atoms with E-state index < -0.39 is 0 Å². The van der Waals surface area contributed by atoms with Crippen LogP contribution in [-0.4, -0.2) is 0 Å². The van der Waals surface area contributed by atoms with Crippen molar-refractivity contribution in [2.45, 2.75) is 20.3 Å². The van der Waals surface area contributed by atoms with Gasteiger partial charge in [-0.2, -0.15) is 0 Å². The zero-order valence-corrected chi connectivity index (χ0v) is 6.42. The fraction of sp³-hybridized carbons (Fsp3) is 0.333. The van der Waals surface area contributed by atoms with Crippen LogP contribution in [0.2, 0.25) is 0 Å². The molecule has 54 valence electrons. The summed E-state index contributed by atoms with van der Waals surface area (Å²) in [6.45, 7) is 4.05. The van der Waals surface area contributed by atoms with E-state index in [1.807, 2.05) is 25.1 Å². The second kappa shape index (κ2) is 3.25. The maximum Gasteiger partial charge on any atom is 0.126 e. The summed E-state index contributed by atoms with van der Waals surface area (Å²) in [6, 6.07) is 3.94. The predicted octanol–water partition coefficient (Wildman–Crippen LogP) is 3.01. The summed E-state index contributed by atoms with van der Waals surface area (Å²) in [5.74, 6) is 1.91. The molecule has 0 spiro atoms. The minimum atomic E-state index is 0.944. The van der Waals surface area contributed by atoms with Gasteiger partial charge in [0.2, 0.25) is 0 Å². The van der Waals surface area contributed by atoms with Crippen molar-refractivity contribution < 1.29 is 4.42 Å². The van der Waals surface area contributed by atoms with Crippen LogP contribution in [0.4, 0.5) is 0 Å². The molecule has 0 aliphatic carbocycles. The molecule has 0 N–H and O–H groups in total. The molecule has 0 atom stereocenters. The average Bonchev–Trinajstić information content (AvgIpc) is 2.31. The molecule has 1 nitrogen and oxygen atoms in total. The maximum absolute atomic E-state index is 5.30. The Labute approximate surface area is 61.4 Å². The van der Waals surface area contributed by atoms with E-state index in [1.54, 1.807) is 0 Å². The van der Waals surface area contributed by atoms with E-state index in [0.717, 1.165) is 17.9 Å². The van der Waals surface area contributed by atoms with Crippen LogP contribution in [0, 0.1) is 6.92 Å². The third-order valence-electron chi connectivity index (χ3n) is 1.28. The highest BCUT2D eigenvalue weighted by Crippen LogP contribution is 2.07. The molecule has 1 heterocycles. The van der Waals surface area contributed by atoms with Crippen molar-refractivity contribution in [3.8, 4) is 0 Å². The van der Waals surface area contributed by atoms with Crippen LogP contribution in [-0.2, 0) is 0 Å². The fourth-order valence-corrected chi connectivity index (χ4v) is 0.777. The summed E-state index contributed by atoms with van der Waals surface area (Å²) in [7, 11) is 0. The first-order valence-corrected chi connectivity index (χ1v) is 3.56. The van der Waals surface area contributed by atoms with E-state index in [9.17, 15) is 0 Å². The summed E-state index contributed by atoms with van der Waals surface area (Å²) in [5.41, 5.74) is 0. The smallest absolute Gasteiger partial charge is 0.126 e. The van der Waals surface area contributed by atoms with Gasteiger partial charge in [-0.1, -0.05) is 13.0 Å². The van der Waals surface area contributed by atoms with Crippen molar-refractivity contribution in [3.05, 3.63) is 29.7 Å². The predicted molar refractivity (Wildman–Crippen MR) is 42.8 cm³/mol. The van der Waals surface area contributed by atoms with Gasteiger partial charge < -0.3 is 4.42 Å². The van der Waals surface area contributed by atoms with E-state index in [0.29, 0.717) is 0 Å². The summed E-state index contributed by atoms with van der Waals surface area (Å²) < 4.78 is 5.30. The largest absolute Gasteiger partial charge is 0.462 e. The van der Waals surface area contributed by atoms with Gasteiger partial charge in [-0.25, -0.2) is 0 Å². The van der Waals surface area contributed by atoms with E-state index in [-0.39, 0.29) is 0 Å². The summed E-state index contributed by atoms with van der Waals surface area (Å²) in [4.78, 5) is 0. The first-order valence-electron chi connectivity index (χ1n) is 3.56.